The van der Waals surface area contributed by atoms with Crippen LogP contribution in [0.4, 0.5) is 17.1 Å². The molecule has 3 rings (SSSR count). The SMILES string of the molecule is N#CCc1ccc(Nc2ccc(N)c3ccncc23)cc1. The first-order valence-corrected chi connectivity index (χ1v) is 6.63. The molecular weight excluding hydrogens is 260 g/mol. The first kappa shape index (κ1) is 12.9. The van der Waals surface area contributed by atoms with Gasteiger partial charge < -0.3 is 11.1 Å². The van der Waals surface area contributed by atoms with Crippen LogP contribution < -0.4 is 11.1 Å². The second kappa shape index (κ2) is 5.51. The number of nitrogens with one attached hydrogen (secondary N) is 1. The van der Waals surface area contributed by atoms with Gasteiger partial charge in [-0.05, 0) is 35.9 Å². The molecule has 102 valence electrons. The fraction of sp³-hybridized carbons (Fsp3) is 0.0588. The number of pyridine rings is 1. The summed E-state index contributed by atoms with van der Waals surface area (Å²) in [5, 5.41) is 14.0. The molecule has 0 saturated heterocycles. The molecule has 2 aromatic carbocycles. The summed E-state index contributed by atoms with van der Waals surface area (Å²) in [7, 11) is 0. The topological polar surface area (TPSA) is 74.7 Å². The van der Waals surface area contributed by atoms with E-state index in [1.807, 2.05) is 42.5 Å². The van der Waals surface area contributed by atoms with Crippen LogP contribution in [0.1, 0.15) is 5.56 Å². The minimum absolute atomic E-state index is 0.426. The van der Waals surface area contributed by atoms with Crippen molar-refractivity contribution in [2.45, 2.75) is 6.42 Å². The maximum atomic E-state index is 8.68. The number of hydrogen-bond acceptors (Lipinski definition) is 4. The maximum Gasteiger partial charge on any atom is 0.0669 e. The first-order valence-electron chi connectivity index (χ1n) is 6.63. The van der Waals surface area contributed by atoms with Gasteiger partial charge in [-0.25, -0.2) is 0 Å². The zero-order chi connectivity index (χ0) is 14.7. The highest BCUT2D eigenvalue weighted by atomic mass is 14.9. The summed E-state index contributed by atoms with van der Waals surface area (Å²) in [4.78, 5) is 4.16. The lowest BCUT2D eigenvalue weighted by atomic mass is 10.1. The standard InChI is InChI=1S/C17H14N4/c18-9-7-12-1-3-13(4-2-12)21-17-6-5-16(19)14-8-10-20-11-15(14)17/h1-6,8,10-11,21H,7,19H2. The maximum absolute atomic E-state index is 8.68. The Hall–Kier alpha value is -3.06. The highest BCUT2D eigenvalue weighted by molar-refractivity contribution is 6.01. The summed E-state index contributed by atoms with van der Waals surface area (Å²) in [6.07, 6.45) is 3.96. The summed E-state index contributed by atoms with van der Waals surface area (Å²) in [5.74, 6) is 0. The van der Waals surface area contributed by atoms with Gasteiger partial charge in [0.25, 0.3) is 0 Å². The average molecular weight is 274 g/mol. The van der Waals surface area contributed by atoms with Gasteiger partial charge in [0.15, 0.2) is 0 Å². The number of nitriles is 1. The van der Waals surface area contributed by atoms with E-state index in [2.05, 4.69) is 16.4 Å². The summed E-state index contributed by atoms with van der Waals surface area (Å²) in [6, 6.07) is 15.7. The molecule has 1 aromatic heterocycles. The molecule has 0 bridgehead atoms. The van der Waals surface area contributed by atoms with E-state index in [1.54, 1.807) is 12.4 Å². The normalized spacial score (nSPS) is 10.2. The lowest BCUT2D eigenvalue weighted by molar-refractivity contribution is 1.26. The third kappa shape index (κ3) is 2.63. The second-order valence-corrected chi connectivity index (χ2v) is 4.78. The number of aromatic nitrogens is 1. The van der Waals surface area contributed by atoms with Crippen LogP contribution in [0.15, 0.2) is 54.9 Å². The molecule has 0 aliphatic rings. The van der Waals surface area contributed by atoms with E-state index in [9.17, 15) is 0 Å². The minimum atomic E-state index is 0.426. The molecule has 0 unspecified atom stereocenters. The molecule has 0 amide bonds. The Morgan fingerprint density at radius 1 is 1.05 bits per heavy atom. The molecule has 1 heterocycles. The molecule has 4 heteroatoms. The van der Waals surface area contributed by atoms with E-state index in [0.29, 0.717) is 6.42 Å². The van der Waals surface area contributed by atoms with Crippen molar-refractivity contribution >= 4 is 27.8 Å². The van der Waals surface area contributed by atoms with Gasteiger partial charge in [-0.1, -0.05) is 12.1 Å². The van der Waals surface area contributed by atoms with Crippen LogP contribution in [-0.2, 0) is 6.42 Å². The summed E-state index contributed by atoms with van der Waals surface area (Å²) in [6.45, 7) is 0. The smallest absolute Gasteiger partial charge is 0.0669 e. The van der Waals surface area contributed by atoms with Crippen LogP contribution in [0.2, 0.25) is 0 Å². The van der Waals surface area contributed by atoms with Crippen LogP contribution in [0.25, 0.3) is 10.8 Å². The average Bonchev–Trinajstić information content (AvgIpc) is 2.52. The second-order valence-electron chi connectivity index (χ2n) is 4.78. The molecule has 0 atom stereocenters. The highest BCUT2D eigenvalue weighted by Gasteiger charge is 2.04. The lowest BCUT2D eigenvalue weighted by Crippen LogP contribution is -1.95. The lowest BCUT2D eigenvalue weighted by Gasteiger charge is -2.11. The fourth-order valence-corrected chi connectivity index (χ4v) is 2.28. The van der Waals surface area contributed by atoms with Crippen LogP contribution in [0, 0.1) is 11.3 Å². The van der Waals surface area contributed by atoms with Crippen LogP contribution in [0.3, 0.4) is 0 Å². The van der Waals surface area contributed by atoms with Crippen molar-refractivity contribution in [3.8, 4) is 6.07 Å². The zero-order valence-corrected chi connectivity index (χ0v) is 11.4. The van der Waals surface area contributed by atoms with Gasteiger partial charge in [-0.3, -0.25) is 4.98 Å². The number of fused-ring (bicyclic) bond motifs is 1. The fourth-order valence-electron chi connectivity index (χ4n) is 2.28. The molecule has 0 spiro atoms. The molecule has 4 nitrogen and oxygen atoms in total. The molecule has 0 fully saturated rings. The van der Waals surface area contributed by atoms with Gasteiger partial charge in [0.05, 0.1) is 12.5 Å². The third-order valence-corrected chi connectivity index (χ3v) is 3.37. The molecule has 3 aromatic rings. The van der Waals surface area contributed by atoms with Crippen molar-refractivity contribution in [3.05, 3.63) is 60.4 Å². The summed E-state index contributed by atoms with van der Waals surface area (Å²) < 4.78 is 0. The Morgan fingerprint density at radius 2 is 1.86 bits per heavy atom. The van der Waals surface area contributed by atoms with Crippen LogP contribution in [-0.4, -0.2) is 4.98 Å². The van der Waals surface area contributed by atoms with Crippen molar-refractivity contribution in [2.75, 3.05) is 11.1 Å². The van der Waals surface area contributed by atoms with Crippen molar-refractivity contribution in [2.24, 2.45) is 0 Å². The van der Waals surface area contributed by atoms with E-state index in [-0.39, 0.29) is 0 Å². The molecule has 0 aliphatic heterocycles. The van der Waals surface area contributed by atoms with Gasteiger partial charge in [0.1, 0.15) is 0 Å². The molecular formula is C17H14N4. The van der Waals surface area contributed by atoms with E-state index >= 15 is 0 Å². The summed E-state index contributed by atoms with van der Waals surface area (Å²) in [5.41, 5.74) is 9.65. The minimum Gasteiger partial charge on any atom is -0.398 e. The Balaban J connectivity index is 1.95. The third-order valence-electron chi connectivity index (χ3n) is 3.37. The predicted molar refractivity (Wildman–Crippen MR) is 85.2 cm³/mol. The number of benzene rings is 2. The van der Waals surface area contributed by atoms with Gasteiger partial charge >= 0.3 is 0 Å². The monoisotopic (exact) mass is 274 g/mol. The van der Waals surface area contributed by atoms with E-state index in [1.165, 1.54) is 0 Å². The van der Waals surface area contributed by atoms with Gasteiger partial charge in [-0.2, -0.15) is 5.26 Å². The van der Waals surface area contributed by atoms with E-state index < -0.39 is 0 Å². The Bertz CT molecular complexity index is 816. The van der Waals surface area contributed by atoms with E-state index in [0.717, 1.165) is 33.4 Å². The van der Waals surface area contributed by atoms with E-state index in [4.69, 9.17) is 11.0 Å². The Morgan fingerprint density at radius 3 is 2.62 bits per heavy atom. The molecule has 21 heavy (non-hydrogen) atoms. The first-order chi connectivity index (χ1) is 10.3. The Kier molecular flexibility index (Phi) is 3.40. The number of nitrogen functional groups attached to an aromatic ring is 1. The number of anilines is 3. The molecule has 0 saturated carbocycles. The number of hydrogen-bond donors (Lipinski definition) is 2. The summed E-state index contributed by atoms with van der Waals surface area (Å²) >= 11 is 0. The quantitative estimate of drug-likeness (QED) is 0.715. The predicted octanol–water partition coefficient (Wildman–Crippen LogP) is 3.63. The number of nitrogens with two attached hydrogens (primary N) is 1. The molecule has 3 N–H and O–H groups in total. The van der Waals surface area contributed by atoms with Crippen molar-refractivity contribution in [1.29, 1.82) is 5.26 Å². The van der Waals surface area contributed by atoms with Gasteiger partial charge in [0, 0.05) is 40.2 Å². The van der Waals surface area contributed by atoms with Crippen LogP contribution in [0.5, 0.6) is 0 Å². The molecule has 0 radical (unpaired) electrons. The van der Waals surface area contributed by atoms with Crippen molar-refractivity contribution in [1.82, 2.24) is 4.98 Å². The largest absolute Gasteiger partial charge is 0.398 e. The van der Waals surface area contributed by atoms with Crippen molar-refractivity contribution < 1.29 is 0 Å². The highest BCUT2D eigenvalue weighted by Crippen LogP contribution is 2.29. The number of nitrogens with zero attached hydrogens (tertiary/aromatic N) is 2. The van der Waals surface area contributed by atoms with Crippen molar-refractivity contribution in [3.63, 3.8) is 0 Å². The Labute approximate surface area is 122 Å². The van der Waals surface area contributed by atoms with Gasteiger partial charge in [-0.15, -0.1) is 0 Å². The van der Waals surface area contributed by atoms with Gasteiger partial charge in [0.2, 0.25) is 0 Å². The number of rotatable bonds is 3. The zero-order valence-electron chi connectivity index (χ0n) is 11.4. The molecule has 0 aliphatic carbocycles. The van der Waals surface area contributed by atoms with Crippen LogP contribution >= 0.6 is 0 Å².